The molecule has 1 unspecified atom stereocenters. The van der Waals surface area contributed by atoms with Crippen molar-refractivity contribution >= 4 is 27.5 Å². The van der Waals surface area contributed by atoms with Gasteiger partial charge in [-0.25, -0.2) is 0 Å². The lowest BCUT2D eigenvalue weighted by Crippen LogP contribution is -1.95. The van der Waals surface area contributed by atoms with E-state index in [4.69, 9.17) is 16.3 Å². The van der Waals surface area contributed by atoms with Gasteiger partial charge in [-0.15, -0.1) is 0 Å². The standard InChI is InChI=1S/C12H14BrClO/c1-2-3-11(13)10-7-9(14)6-8-4-5-15-12(8)10/h6-7,11H,2-5H2,1H3. The fourth-order valence-corrected chi connectivity index (χ4v) is 2.99. The molecule has 0 spiro atoms. The molecule has 0 saturated heterocycles. The summed E-state index contributed by atoms with van der Waals surface area (Å²) in [6.45, 7) is 2.97. The van der Waals surface area contributed by atoms with Crippen molar-refractivity contribution in [2.45, 2.75) is 31.0 Å². The fourth-order valence-electron chi connectivity index (χ4n) is 1.94. The first-order chi connectivity index (χ1) is 7.22. The van der Waals surface area contributed by atoms with E-state index < -0.39 is 0 Å². The van der Waals surface area contributed by atoms with E-state index >= 15 is 0 Å². The minimum atomic E-state index is 0.355. The summed E-state index contributed by atoms with van der Waals surface area (Å²) < 4.78 is 5.66. The molecule has 1 aliphatic rings. The van der Waals surface area contributed by atoms with Gasteiger partial charge < -0.3 is 4.74 Å². The Kier molecular flexibility index (Phi) is 3.57. The molecule has 1 aliphatic heterocycles. The van der Waals surface area contributed by atoms with Crippen molar-refractivity contribution in [2.24, 2.45) is 0 Å². The molecule has 0 aliphatic carbocycles. The monoisotopic (exact) mass is 288 g/mol. The summed E-state index contributed by atoms with van der Waals surface area (Å²) in [5.41, 5.74) is 2.45. The molecule has 0 aromatic heterocycles. The largest absolute Gasteiger partial charge is 0.493 e. The van der Waals surface area contributed by atoms with Crippen LogP contribution in [0.4, 0.5) is 0 Å². The second kappa shape index (κ2) is 4.75. The van der Waals surface area contributed by atoms with Crippen molar-refractivity contribution in [1.29, 1.82) is 0 Å². The van der Waals surface area contributed by atoms with Crippen LogP contribution < -0.4 is 4.74 Å². The van der Waals surface area contributed by atoms with Crippen molar-refractivity contribution in [3.63, 3.8) is 0 Å². The summed E-state index contributed by atoms with van der Waals surface area (Å²) in [5.74, 6) is 1.05. The van der Waals surface area contributed by atoms with E-state index in [2.05, 4.69) is 22.9 Å². The lowest BCUT2D eigenvalue weighted by Gasteiger charge is -2.13. The van der Waals surface area contributed by atoms with Crippen LogP contribution >= 0.6 is 27.5 Å². The number of halogens is 2. The molecule has 15 heavy (non-hydrogen) atoms. The first-order valence-corrected chi connectivity index (χ1v) is 6.61. The van der Waals surface area contributed by atoms with E-state index in [1.54, 1.807) is 0 Å². The molecule has 0 saturated carbocycles. The van der Waals surface area contributed by atoms with Crippen molar-refractivity contribution in [1.82, 2.24) is 0 Å². The maximum Gasteiger partial charge on any atom is 0.127 e. The van der Waals surface area contributed by atoms with Gasteiger partial charge in [0, 0.05) is 21.8 Å². The highest BCUT2D eigenvalue weighted by Gasteiger charge is 2.21. The minimum Gasteiger partial charge on any atom is -0.493 e. The van der Waals surface area contributed by atoms with Gasteiger partial charge in [0.1, 0.15) is 5.75 Å². The third-order valence-electron chi connectivity index (χ3n) is 2.66. The summed E-state index contributed by atoms with van der Waals surface area (Å²) in [6.07, 6.45) is 3.24. The topological polar surface area (TPSA) is 9.23 Å². The Balaban J connectivity index is 2.37. The molecule has 3 heteroatoms. The van der Waals surface area contributed by atoms with Crippen LogP contribution in [-0.2, 0) is 6.42 Å². The van der Waals surface area contributed by atoms with Crippen molar-refractivity contribution in [3.05, 3.63) is 28.3 Å². The lowest BCUT2D eigenvalue weighted by molar-refractivity contribution is 0.353. The smallest absolute Gasteiger partial charge is 0.127 e. The maximum atomic E-state index is 6.10. The first kappa shape index (κ1) is 11.3. The Labute approximate surface area is 104 Å². The van der Waals surface area contributed by atoms with Gasteiger partial charge in [0.25, 0.3) is 0 Å². The van der Waals surface area contributed by atoms with Crippen molar-refractivity contribution in [3.8, 4) is 5.75 Å². The average molecular weight is 290 g/mol. The third-order valence-corrected chi connectivity index (χ3v) is 3.83. The van der Waals surface area contributed by atoms with Gasteiger partial charge in [0.2, 0.25) is 0 Å². The second-order valence-electron chi connectivity index (χ2n) is 3.84. The van der Waals surface area contributed by atoms with Crippen LogP contribution in [0.1, 0.15) is 35.7 Å². The zero-order valence-electron chi connectivity index (χ0n) is 8.72. The maximum absolute atomic E-state index is 6.10. The summed E-state index contributed by atoms with van der Waals surface area (Å²) in [5, 5.41) is 0.815. The molecule has 1 heterocycles. The van der Waals surface area contributed by atoms with Gasteiger partial charge in [-0.3, -0.25) is 0 Å². The lowest BCUT2D eigenvalue weighted by atomic mass is 10.0. The number of ether oxygens (including phenoxy) is 1. The molecular weight excluding hydrogens is 275 g/mol. The molecule has 1 nitrogen and oxygen atoms in total. The molecule has 82 valence electrons. The van der Waals surface area contributed by atoms with E-state index in [-0.39, 0.29) is 0 Å². The van der Waals surface area contributed by atoms with Gasteiger partial charge >= 0.3 is 0 Å². The van der Waals surface area contributed by atoms with Crippen LogP contribution in [0.25, 0.3) is 0 Å². The number of rotatable bonds is 3. The number of benzene rings is 1. The highest BCUT2D eigenvalue weighted by molar-refractivity contribution is 9.09. The molecule has 0 N–H and O–H groups in total. The predicted octanol–water partition coefficient (Wildman–Crippen LogP) is 4.51. The van der Waals surface area contributed by atoms with Crippen LogP contribution in [-0.4, -0.2) is 6.61 Å². The molecule has 1 aromatic rings. The Morgan fingerprint density at radius 3 is 3.07 bits per heavy atom. The molecule has 1 aromatic carbocycles. The number of hydrogen-bond acceptors (Lipinski definition) is 1. The van der Waals surface area contributed by atoms with Crippen molar-refractivity contribution in [2.75, 3.05) is 6.61 Å². The van der Waals surface area contributed by atoms with E-state index in [9.17, 15) is 0 Å². The van der Waals surface area contributed by atoms with Gasteiger partial charge in [-0.1, -0.05) is 40.9 Å². The van der Waals surface area contributed by atoms with Gasteiger partial charge in [0.15, 0.2) is 0 Å². The summed E-state index contributed by atoms with van der Waals surface area (Å²) >= 11 is 9.79. The summed E-state index contributed by atoms with van der Waals surface area (Å²) in [4.78, 5) is 0.355. The Morgan fingerprint density at radius 1 is 1.53 bits per heavy atom. The van der Waals surface area contributed by atoms with Crippen LogP contribution in [0, 0.1) is 0 Å². The predicted molar refractivity (Wildman–Crippen MR) is 67.2 cm³/mol. The van der Waals surface area contributed by atoms with Crippen molar-refractivity contribution < 1.29 is 4.74 Å². The molecule has 0 radical (unpaired) electrons. The highest BCUT2D eigenvalue weighted by atomic mass is 79.9. The normalized spacial score (nSPS) is 15.9. The zero-order chi connectivity index (χ0) is 10.8. The van der Waals surface area contributed by atoms with Crippen LogP contribution in [0.3, 0.4) is 0 Å². The Hall–Kier alpha value is -0.210. The number of fused-ring (bicyclic) bond motifs is 1. The van der Waals surface area contributed by atoms with E-state index in [0.717, 1.165) is 36.6 Å². The SMILES string of the molecule is CCCC(Br)c1cc(Cl)cc2c1OCC2. The third kappa shape index (κ3) is 2.31. The van der Waals surface area contributed by atoms with Gasteiger partial charge in [-0.05, 0) is 24.1 Å². The van der Waals surface area contributed by atoms with Crippen LogP contribution in [0.15, 0.2) is 12.1 Å². The van der Waals surface area contributed by atoms with Gasteiger partial charge in [0.05, 0.1) is 6.61 Å². The highest BCUT2D eigenvalue weighted by Crippen LogP contribution is 2.41. The van der Waals surface area contributed by atoms with Crippen LogP contribution in [0.5, 0.6) is 5.75 Å². The van der Waals surface area contributed by atoms with Gasteiger partial charge in [-0.2, -0.15) is 0 Å². The number of hydrogen-bond donors (Lipinski definition) is 0. The molecule has 0 amide bonds. The zero-order valence-corrected chi connectivity index (χ0v) is 11.1. The molecule has 1 atom stereocenters. The quantitative estimate of drug-likeness (QED) is 0.744. The van der Waals surface area contributed by atoms with E-state index in [0.29, 0.717) is 4.83 Å². The second-order valence-corrected chi connectivity index (χ2v) is 5.38. The Bertz CT molecular complexity index is 365. The number of alkyl halides is 1. The van der Waals surface area contributed by atoms with E-state index in [1.807, 2.05) is 12.1 Å². The summed E-state index contributed by atoms with van der Waals surface area (Å²) in [6, 6.07) is 4.03. The fraction of sp³-hybridized carbons (Fsp3) is 0.500. The van der Waals surface area contributed by atoms with Crippen LogP contribution in [0.2, 0.25) is 5.02 Å². The first-order valence-electron chi connectivity index (χ1n) is 5.31. The Morgan fingerprint density at radius 2 is 2.33 bits per heavy atom. The summed E-state index contributed by atoms with van der Waals surface area (Å²) in [7, 11) is 0. The average Bonchev–Trinajstić information content (AvgIpc) is 2.64. The molecular formula is C12H14BrClO. The van der Waals surface area contributed by atoms with E-state index in [1.165, 1.54) is 11.1 Å². The molecule has 0 bridgehead atoms. The molecule has 0 fully saturated rings. The minimum absolute atomic E-state index is 0.355. The molecule has 2 rings (SSSR count).